The van der Waals surface area contributed by atoms with Gasteiger partial charge in [-0.2, -0.15) is 0 Å². The molecule has 3 nitrogen and oxygen atoms in total. The van der Waals surface area contributed by atoms with E-state index in [9.17, 15) is 4.39 Å². The summed E-state index contributed by atoms with van der Waals surface area (Å²) in [6.45, 7) is 6.47. The van der Waals surface area contributed by atoms with Gasteiger partial charge in [-0.15, -0.1) is 0 Å². The summed E-state index contributed by atoms with van der Waals surface area (Å²) in [5, 5.41) is 0. The summed E-state index contributed by atoms with van der Waals surface area (Å²) < 4.78 is 13.5. The van der Waals surface area contributed by atoms with Gasteiger partial charge in [0.25, 0.3) is 0 Å². The first kappa shape index (κ1) is 13.8. The molecule has 2 N–H and O–H groups in total. The van der Waals surface area contributed by atoms with Crippen LogP contribution in [0.2, 0.25) is 0 Å². The van der Waals surface area contributed by atoms with Crippen LogP contribution in [0.15, 0.2) is 18.2 Å². The number of nitrogen functional groups attached to an aromatic ring is 1. The lowest BCUT2D eigenvalue weighted by Crippen LogP contribution is -2.58. The van der Waals surface area contributed by atoms with Gasteiger partial charge in [-0.1, -0.05) is 18.6 Å². The van der Waals surface area contributed by atoms with E-state index < -0.39 is 0 Å². The number of rotatable bonds is 2. The van der Waals surface area contributed by atoms with Crippen LogP contribution >= 0.6 is 0 Å². The average Bonchev–Trinajstić information content (AvgIpc) is 2.44. The first-order chi connectivity index (χ1) is 9.65. The molecule has 0 bridgehead atoms. The largest absolute Gasteiger partial charge is 0.396 e. The van der Waals surface area contributed by atoms with Crippen LogP contribution in [0.3, 0.4) is 0 Å². The Morgan fingerprint density at radius 2 is 2.15 bits per heavy atom. The minimum atomic E-state index is -0.300. The molecule has 2 heterocycles. The molecule has 2 aliphatic heterocycles. The van der Waals surface area contributed by atoms with E-state index in [0.29, 0.717) is 17.8 Å². The van der Waals surface area contributed by atoms with Crippen LogP contribution in [-0.2, 0) is 6.54 Å². The van der Waals surface area contributed by atoms with E-state index in [1.165, 1.54) is 31.9 Å². The maximum absolute atomic E-state index is 13.5. The Hall–Kier alpha value is -1.13. The molecule has 4 heteroatoms. The number of piperazine rings is 1. The zero-order valence-corrected chi connectivity index (χ0v) is 12.2. The molecule has 110 valence electrons. The van der Waals surface area contributed by atoms with Crippen molar-refractivity contribution in [2.75, 3.05) is 25.4 Å². The molecular weight excluding hydrogens is 253 g/mol. The van der Waals surface area contributed by atoms with Gasteiger partial charge in [0.15, 0.2) is 0 Å². The van der Waals surface area contributed by atoms with Crippen molar-refractivity contribution in [1.29, 1.82) is 0 Å². The van der Waals surface area contributed by atoms with Crippen molar-refractivity contribution in [3.05, 3.63) is 29.6 Å². The van der Waals surface area contributed by atoms with Gasteiger partial charge in [-0.3, -0.25) is 9.80 Å². The first-order valence-electron chi connectivity index (χ1n) is 7.66. The molecule has 1 aromatic carbocycles. The third-order valence-electron chi connectivity index (χ3n) is 4.83. The Labute approximate surface area is 120 Å². The number of benzene rings is 1. The van der Waals surface area contributed by atoms with Gasteiger partial charge in [0.1, 0.15) is 5.82 Å². The van der Waals surface area contributed by atoms with Crippen molar-refractivity contribution in [2.24, 2.45) is 0 Å². The van der Waals surface area contributed by atoms with Crippen LogP contribution < -0.4 is 5.73 Å². The minimum Gasteiger partial charge on any atom is -0.396 e. The molecule has 2 atom stereocenters. The zero-order chi connectivity index (χ0) is 14.1. The Kier molecular flexibility index (Phi) is 3.94. The second-order valence-corrected chi connectivity index (χ2v) is 6.24. The Morgan fingerprint density at radius 1 is 1.30 bits per heavy atom. The third-order valence-corrected chi connectivity index (χ3v) is 4.83. The maximum atomic E-state index is 13.5. The lowest BCUT2D eigenvalue weighted by Gasteiger charge is -2.47. The molecule has 2 saturated heterocycles. The van der Waals surface area contributed by atoms with E-state index in [1.54, 1.807) is 6.07 Å². The fraction of sp³-hybridized carbons (Fsp3) is 0.625. The van der Waals surface area contributed by atoms with Gasteiger partial charge < -0.3 is 5.73 Å². The van der Waals surface area contributed by atoms with Gasteiger partial charge in [-0.25, -0.2) is 4.39 Å². The highest BCUT2D eigenvalue weighted by atomic mass is 19.1. The van der Waals surface area contributed by atoms with Gasteiger partial charge >= 0.3 is 0 Å². The number of hydrogen-bond acceptors (Lipinski definition) is 3. The van der Waals surface area contributed by atoms with E-state index in [4.69, 9.17) is 5.73 Å². The molecule has 2 aliphatic rings. The predicted octanol–water partition coefficient (Wildman–Crippen LogP) is 2.47. The fourth-order valence-electron chi connectivity index (χ4n) is 3.57. The van der Waals surface area contributed by atoms with Gasteiger partial charge in [0.2, 0.25) is 0 Å². The number of nitrogens with two attached hydrogens (primary N) is 1. The highest BCUT2D eigenvalue weighted by molar-refractivity contribution is 5.47. The van der Waals surface area contributed by atoms with Gasteiger partial charge in [-0.05, 0) is 37.9 Å². The predicted molar refractivity (Wildman–Crippen MR) is 79.9 cm³/mol. The highest BCUT2D eigenvalue weighted by Crippen LogP contribution is 2.26. The van der Waals surface area contributed by atoms with Crippen LogP contribution in [0.4, 0.5) is 10.1 Å². The average molecular weight is 277 g/mol. The lowest BCUT2D eigenvalue weighted by molar-refractivity contribution is 0.0111. The van der Waals surface area contributed by atoms with E-state index in [1.807, 2.05) is 6.07 Å². The minimum absolute atomic E-state index is 0.300. The molecule has 0 aromatic heterocycles. The second-order valence-electron chi connectivity index (χ2n) is 6.24. The van der Waals surface area contributed by atoms with Crippen molar-refractivity contribution in [2.45, 2.75) is 44.8 Å². The second kappa shape index (κ2) is 5.70. The van der Waals surface area contributed by atoms with Crippen molar-refractivity contribution >= 4 is 5.69 Å². The van der Waals surface area contributed by atoms with Crippen LogP contribution in [-0.4, -0.2) is 41.5 Å². The summed E-state index contributed by atoms with van der Waals surface area (Å²) in [5.41, 5.74) is 7.09. The summed E-state index contributed by atoms with van der Waals surface area (Å²) in [7, 11) is 0. The molecule has 0 aliphatic carbocycles. The quantitative estimate of drug-likeness (QED) is 0.843. The molecule has 0 radical (unpaired) electrons. The highest BCUT2D eigenvalue weighted by Gasteiger charge is 2.32. The van der Waals surface area contributed by atoms with E-state index in [0.717, 1.165) is 25.2 Å². The summed E-state index contributed by atoms with van der Waals surface area (Å²) >= 11 is 0. The molecule has 0 spiro atoms. The van der Waals surface area contributed by atoms with Crippen molar-refractivity contribution < 1.29 is 4.39 Å². The number of hydrogen-bond donors (Lipinski definition) is 1. The third kappa shape index (κ3) is 2.67. The number of anilines is 1. The van der Waals surface area contributed by atoms with Crippen LogP contribution in [0, 0.1) is 5.82 Å². The van der Waals surface area contributed by atoms with Crippen molar-refractivity contribution in [1.82, 2.24) is 9.80 Å². The SMILES string of the molecule is CC1CN2CCCCC2CN1Cc1cccc(F)c1N. The standard InChI is InChI=1S/C16H24FN3/c1-12-9-19-8-3-2-6-14(19)11-20(12)10-13-5-4-7-15(17)16(13)18/h4-5,7,12,14H,2-3,6,8-11,18H2,1H3. The lowest BCUT2D eigenvalue weighted by atomic mass is 9.96. The number of fused-ring (bicyclic) bond motifs is 1. The summed E-state index contributed by atoms with van der Waals surface area (Å²) in [6.07, 6.45) is 3.97. The normalized spacial score (nSPS) is 28.3. The molecule has 0 saturated carbocycles. The summed E-state index contributed by atoms with van der Waals surface area (Å²) in [4.78, 5) is 5.08. The molecule has 2 fully saturated rings. The van der Waals surface area contributed by atoms with Crippen LogP contribution in [0.5, 0.6) is 0 Å². The number of para-hydroxylation sites is 1. The molecule has 3 rings (SSSR count). The molecule has 2 unspecified atom stereocenters. The number of nitrogens with zero attached hydrogens (tertiary/aromatic N) is 2. The van der Waals surface area contributed by atoms with Crippen molar-refractivity contribution in [3.63, 3.8) is 0 Å². The summed E-state index contributed by atoms with van der Waals surface area (Å²) in [6, 6.07) is 6.31. The number of halogens is 1. The summed E-state index contributed by atoms with van der Waals surface area (Å²) in [5.74, 6) is -0.300. The van der Waals surface area contributed by atoms with Gasteiger partial charge in [0.05, 0.1) is 5.69 Å². The maximum Gasteiger partial charge on any atom is 0.146 e. The Balaban J connectivity index is 1.72. The smallest absolute Gasteiger partial charge is 0.146 e. The molecule has 1 aromatic rings. The van der Waals surface area contributed by atoms with Crippen LogP contribution in [0.25, 0.3) is 0 Å². The molecule has 0 amide bonds. The van der Waals surface area contributed by atoms with Gasteiger partial charge in [0, 0.05) is 31.7 Å². The first-order valence-corrected chi connectivity index (χ1v) is 7.66. The molecular formula is C16H24FN3. The molecule has 20 heavy (non-hydrogen) atoms. The Morgan fingerprint density at radius 3 is 3.00 bits per heavy atom. The number of piperidine rings is 1. The Bertz CT molecular complexity index is 477. The fourth-order valence-corrected chi connectivity index (χ4v) is 3.57. The van der Waals surface area contributed by atoms with Crippen LogP contribution in [0.1, 0.15) is 31.7 Å². The van der Waals surface area contributed by atoms with E-state index in [2.05, 4.69) is 16.7 Å². The van der Waals surface area contributed by atoms with Crippen molar-refractivity contribution in [3.8, 4) is 0 Å². The topological polar surface area (TPSA) is 32.5 Å². The van der Waals surface area contributed by atoms with E-state index in [-0.39, 0.29) is 5.82 Å². The monoisotopic (exact) mass is 277 g/mol. The zero-order valence-electron chi connectivity index (χ0n) is 12.2. The van der Waals surface area contributed by atoms with E-state index >= 15 is 0 Å².